The van der Waals surface area contributed by atoms with Crippen LogP contribution in [0.2, 0.25) is 0 Å². The zero-order valence-corrected chi connectivity index (χ0v) is 17.3. The van der Waals surface area contributed by atoms with Crippen molar-refractivity contribution in [2.75, 3.05) is 0 Å². The lowest BCUT2D eigenvalue weighted by atomic mass is 9.67. The van der Waals surface area contributed by atoms with Crippen LogP contribution in [0.3, 0.4) is 0 Å². The average Bonchev–Trinajstić information content (AvgIpc) is 2.59. The van der Waals surface area contributed by atoms with Gasteiger partial charge in [0.1, 0.15) is 6.29 Å². The lowest BCUT2D eigenvalue weighted by Crippen LogP contribution is -2.28. The van der Waals surface area contributed by atoms with Crippen LogP contribution in [0.15, 0.2) is 71.3 Å². The number of fused-ring (bicyclic) bond motifs is 1. The van der Waals surface area contributed by atoms with Crippen molar-refractivity contribution in [3.63, 3.8) is 0 Å². The van der Waals surface area contributed by atoms with E-state index >= 15 is 0 Å². The third-order valence-electron chi connectivity index (χ3n) is 5.29. The summed E-state index contributed by atoms with van der Waals surface area (Å²) in [5.41, 5.74) is 4.62. The van der Waals surface area contributed by atoms with Crippen LogP contribution < -0.4 is 0 Å². The van der Waals surface area contributed by atoms with Gasteiger partial charge in [-0.05, 0) is 56.0 Å². The predicted octanol–water partition coefficient (Wildman–Crippen LogP) is 7.00. The molecule has 27 heavy (non-hydrogen) atoms. The Kier molecular flexibility index (Phi) is 4.99. The third-order valence-corrected chi connectivity index (χ3v) is 5.29. The first-order valence-electron chi connectivity index (χ1n) is 9.69. The first kappa shape index (κ1) is 19.4. The molecule has 1 heteroatoms. The third kappa shape index (κ3) is 4.13. The van der Waals surface area contributed by atoms with Gasteiger partial charge in [0.2, 0.25) is 0 Å². The summed E-state index contributed by atoms with van der Waals surface area (Å²) in [5.74, 6) is -0.140. The number of aldehydes is 1. The quantitative estimate of drug-likeness (QED) is 0.528. The number of rotatable bonds is 2. The van der Waals surface area contributed by atoms with Gasteiger partial charge in [-0.1, -0.05) is 90.1 Å². The van der Waals surface area contributed by atoms with Crippen molar-refractivity contribution in [2.45, 2.75) is 41.5 Å². The van der Waals surface area contributed by atoms with Gasteiger partial charge in [-0.15, -0.1) is 0 Å². The molecule has 1 aliphatic rings. The van der Waals surface area contributed by atoms with E-state index in [-0.39, 0.29) is 16.7 Å². The van der Waals surface area contributed by atoms with Crippen molar-refractivity contribution in [3.8, 4) is 0 Å². The topological polar surface area (TPSA) is 17.1 Å². The molecule has 0 amide bonds. The molecule has 0 aromatic heterocycles. The minimum atomic E-state index is -0.140. The highest BCUT2D eigenvalue weighted by molar-refractivity contribution is 5.85. The van der Waals surface area contributed by atoms with Crippen molar-refractivity contribution < 1.29 is 4.79 Å². The maximum atomic E-state index is 12.0. The van der Waals surface area contributed by atoms with Gasteiger partial charge in [-0.2, -0.15) is 0 Å². The number of carbonyl (C=O) groups is 1. The number of benzene rings is 2. The lowest BCUT2D eigenvalue weighted by molar-refractivity contribution is -0.109. The Morgan fingerprint density at radius 2 is 1.33 bits per heavy atom. The van der Waals surface area contributed by atoms with E-state index < -0.39 is 0 Å². The Morgan fingerprint density at radius 1 is 0.778 bits per heavy atom. The van der Waals surface area contributed by atoms with E-state index in [1.165, 1.54) is 33.1 Å². The van der Waals surface area contributed by atoms with Crippen LogP contribution >= 0.6 is 0 Å². The van der Waals surface area contributed by atoms with Crippen LogP contribution in [0, 0.1) is 16.7 Å². The van der Waals surface area contributed by atoms with Gasteiger partial charge in [0.15, 0.2) is 0 Å². The second-order valence-electron chi connectivity index (χ2n) is 9.56. The maximum Gasteiger partial charge on any atom is 0.131 e. The van der Waals surface area contributed by atoms with Gasteiger partial charge in [-0.25, -0.2) is 0 Å². The minimum absolute atomic E-state index is 0.0567. The average molecular weight is 359 g/mol. The lowest BCUT2D eigenvalue weighted by Gasteiger charge is -2.37. The SMILES string of the molecule is CC(C)(C)C1=CC(=Cc2ccc3ccccc3c2)C=C(C(C)(C)C)C1C=O. The Labute approximate surface area is 163 Å². The predicted molar refractivity (Wildman–Crippen MR) is 117 cm³/mol. The van der Waals surface area contributed by atoms with Crippen LogP contribution in [0.5, 0.6) is 0 Å². The van der Waals surface area contributed by atoms with Gasteiger partial charge < -0.3 is 4.79 Å². The molecule has 0 saturated heterocycles. The summed E-state index contributed by atoms with van der Waals surface area (Å²) in [6.07, 6.45) is 7.76. The van der Waals surface area contributed by atoms with Crippen molar-refractivity contribution >= 4 is 23.1 Å². The van der Waals surface area contributed by atoms with E-state index in [1.807, 2.05) is 0 Å². The Morgan fingerprint density at radius 3 is 1.85 bits per heavy atom. The first-order chi connectivity index (χ1) is 12.6. The molecule has 3 rings (SSSR count). The number of hydrogen-bond donors (Lipinski definition) is 0. The molecule has 0 radical (unpaired) electrons. The fourth-order valence-corrected chi connectivity index (χ4v) is 3.83. The minimum Gasteiger partial charge on any atom is -0.302 e. The summed E-state index contributed by atoms with van der Waals surface area (Å²) in [5, 5.41) is 2.50. The molecule has 2 aromatic rings. The van der Waals surface area contributed by atoms with Crippen LogP contribution in [-0.4, -0.2) is 6.29 Å². The number of carbonyl (C=O) groups excluding carboxylic acids is 1. The van der Waals surface area contributed by atoms with Crippen LogP contribution in [0.4, 0.5) is 0 Å². The van der Waals surface area contributed by atoms with E-state index in [2.05, 4.69) is 102 Å². The normalized spacial score (nSPS) is 18.1. The van der Waals surface area contributed by atoms with Crippen LogP contribution in [-0.2, 0) is 4.79 Å². The summed E-state index contributed by atoms with van der Waals surface area (Å²) in [6, 6.07) is 15.0. The molecule has 140 valence electrons. The molecule has 0 bridgehead atoms. The summed E-state index contributed by atoms with van der Waals surface area (Å²) >= 11 is 0. The molecule has 1 aliphatic carbocycles. The zero-order chi connectivity index (χ0) is 19.8. The molecule has 0 fully saturated rings. The molecule has 2 aromatic carbocycles. The van der Waals surface area contributed by atoms with Crippen LogP contribution in [0.25, 0.3) is 16.8 Å². The molecule has 1 nitrogen and oxygen atoms in total. The highest BCUT2D eigenvalue weighted by Gasteiger charge is 2.35. The molecule has 0 unspecified atom stereocenters. The van der Waals surface area contributed by atoms with Crippen molar-refractivity contribution in [1.82, 2.24) is 0 Å². The Hall–Kier alpha value is -2.41. The molecule has 0 aliphatic heterocycles. The second-order valence-corrected chi connectivity index (χ2v) is 9.56. The van der Waals surface area contributed by atoms with Crippen molar-refractivity contribution in [3.05, 3.63) is 76.9 Å². The molecule has 0 saturated carbocycles. The van der Waals surface area contributed by atoms with E-state index in [4.69, 9.17) is 0 Å². The van der Waals surface area contributed by atoms with Gasteiger partial charge in [0, 0.05) is 0 Å². The molecular weight excluding hydrogens is 328 g/mol. The fraction of sp³-hybridized carbons (Fsp3) is 0.346. The second kappa shape index (κ2) is 6.96. The Balaban J connectivity index is 2.14. The molecule has 0 atom stereocenters. The van der Waals surface area contributed by atoms with Gasteiger partial charge >= 0.3 is 0 Å². The Bertz CT molecular complexity index is 922. The summed E-state index contributed by atoms with van der Waals surface area (Å²) < 4.78 is 0. The smallest absolute Gasteiger partial charge is 0.131 e. The fourth-order valence-electron chi connectivity index (χ4n) is 3.83. The highest BCUT2D eigenvalue weighted by atomic mass is 16.1. The van der Waals surface area contributed by atoms with Gasteiger partial charge in [0.05, 0.1) is 5.92 Å². The molecular formula is C26H30O. The summed E-state index contributed by atoms with van der Waals surface area (Å²) in [7, 11) is 0. The molecule has 0 heterocycles. The maximum absolute atomic E-state index is 12.0. The van der Waals surface area contributed by atoms with Crippen molar-refractivity contribution in [1.29, 1.82) is 0 Å². The van der Waals surface area contributed by atoms with E-state index in [1.54, 1.807) is 0 Å². The largest absolute Gasteiger partial charge is 0.302 e. The van der Waals surface area contributed by atoms with E-state index in [0.717, 1.165) is 6.29 Å². The first-order valence-corrected chi connectivity index (χ1v) is 9.69. The molecule has 0 N–H and O–H groups in total. The zero-order valence-electron chi connectivity index (χ0n) is 17.3. The molecule has 0 spiro atoms. The highest BCUT2D eigenvalue weighted by Crippen LogP contribution is 2.44. The van der Waals surface area contributed by atoms with Crippen molar-refractivity contribution in [2.24, 2.45) is 16.7 Å². The van der Waals surface area contributed by atoms with Gasteiger partial charge in [-0.3, -0.25) is 0 Å². The standard InChI is InChI=1S/C26H30O/c1-25(2,3)23-15-19(16-24(22(23)17-27)26(4,5)6)13-18-11-12-20-9-7-8-10-21(20)14-18/h7-17,22H,1-6H3. The van der Waals surface area contributed by atoms with E-state index in [9.17, 15) is 4.79 Å². The number of allylic oxidation sites excluding steroid dienone is 5. The van der Waals surface area contributed by atoms with Gasteiger partial charge in [0.25, 0.3) is 0 Å². The summed E-state index contributed by atoms with van der Waals surface area (Å²) in [6.45, 7) is 13.1. The monoisotopic (exact) mass is 358 g/mol. The van der Waals surface area contributed by atoms with Crippen LogP contribution in [0.1, 0.15) is 47.1 Å². The summed E-state index contributed by atoms with van der Waals surface area (Å²) in [4.78, 5) is 12.0. The van der Waals surface area contributed by atoms with E-state index in [0.29, 0.717) is 0 Å². The number of hydrogen-bond acceptors (Lipinski definition) is 1.